The maximum Gasteiger partial charge on any atom is 0.339 e. The van der Waals surface area contributed by atoms with E-state index in [1.807, 2.05) is 6.08 Å². The second-order valence-electron chi connectivity index (χ2n) is 7.54. The number of carbonyl (C=O) groups is 1. The molecule has 1 saturated heterocycles. The van der Waals surface area contributed by atoms with Gasteiger partial charge >= 0.3 is 5.97 Å². The predicted octanol–water partition coefficient (Wildman–Crippen LogP) is 4.60. The predicted molar refractivity (Wildman–Crippen MR) is 126 cm³/mol. The second-order valence-corrected chi connectivity index (χ2v) is 8.16. The normalized spacial score (nSPS) is 29.1. The molecule has 0 aromatic heterocycles. The minimum atomic E-state index is -1.26. The van der Waals surface area contributed by atoms with E-state index in [-0.39, 0.29) is 11.5 Å². The molecule has 164 valence electrons. The molecule has 2 unspecified atom stereocenters. The first-order valence-electron chi connectivity index (χ1n) is 10.2. The minimum Gasteiger partial charge on any atom is -0.508 e. The van der Waals surface area contributed by atoms with Gasteiger partial charge in [0.1, 0.15) is 23.4 Å². The third-order valence-electron chi connectivity index (χ3n) is 5.52. The molecule has 1 fully saturated rings. The van der Waals surface area contributed by atoms with Crippen LogP contribution in [-0.2, 0) is 14.3 Å². The maximum absolute atomic E-state index is 13.0. The van der Waals surface area contributed by atoms with Crippen LogP contribution in [0.2, 0.25) is 0 Å². The first-order chi connectivity index (χ1) is 15.4. The quantitative estimate of drug-likeness (QED) is 0.323. The number of nitrogens with one attached hydrogen (secondary N) is 1. The molecule has 0 radical (unpaired) electrons. The summed E-state index contributed by atoms with van der Waals surface area (Å²) in [7, 11) is 0. The number of aliphatic hydroxyl groups is 2. The molecule has 3 N–H and O–H groups in total. The van der Waals surface area contributed by atoms with E-state index in [2.05, 4.69) is 5.32 Å². The SMILES string of the molecule is C/C=C1/C(=O)OC2(C3=CC=C(O)C=CC3OC3=C2CC=CC(O)=C3)/C1=C/C=C/NC(C)=S. The van der Waals surface area contributed by atoms with Crippen molar-refractivity contribution in [1.29, 1.82) is 0 Å². The molecule has 4 rings (SSSR count). The fourth-order valence-corrected chi connectivity index (χ4v) is 4.28. The largest absolute Gasteiger partial charge is 0.508 e. The summed E-state index contributed by atoms with van der Waals surface area (Å²) in [5.41, 5.74) is 1.16. The van der Waals surface area contributed by atoms with Gasteiger partial charge in [0.15, 0.2) is 5.60 Å². The van der Waals surface area contributed by atoms with Crippen LogP contribution in [0.3, 0.4) is 0 Å². The van der Waals surface area contributed by atoms with Gasteiger partial charge in [-0.3, -0.25) is 0 Å². The molecule has 2 aliphatic heterocycles. The number of hydrogen-bond acceptors (Lipinski definition) is 6. The lowest BCUT2D eigenvalue weighted by molar-refractivity contribution is -0.142. The highest BCUT2D eigenvalue weighted by Gasteiger charge is 2.58. The smallest absolute Gasteiger partial charge is 0.339 e. The zero-order chi connectivity index (χ0) is 22.9. The monoisotopic (exact) mass is 449 g/mol. The lowest BCUT2D eigenvalue weighted by Gasteiger charge is -2.41. The Hall–Kier alpha value is -3.58. The van der Waals surface area contributed by atoms with Crippen molar-refractivity contribution in [2.75, 3.05) is 0 Å². The van der Waals surface area contributed by atoms with E-state index < -0.39 is 17.7 Å². The number of aliphatic hydroxyl groups excluding tert-OH is 2. The van der Waals surface area contributed by atoms with Crippen LogP contribution >= 0.6 is 12.2 Å². The van der Waals surface area contributed by atoms with Gasteiger partial charge in [0.2, 0.25) is 0 Å². The van der Waals surface area contributed by atoms with Gasteiger partial charge < -0.3 is 25.0 Å². The van der Waals surface area contributed by atoms with Crippen LogP contribution < -0.4 is 5.32 Å². The number of ether oxygens (including phenoxy) is 2. The van der Waals surface area contributed by atoms with Gasteiger partial charge in [-0.2, -0.15) is 0 Å². The molecule has 2 heterocycles. The van der Waals surface area contributed by atoms with Crippen LogP contribution in [0.25, 0.3) is 0 Å². The van der Waals surface area contributed by atoms with Gasteiger partial charge in [-0.25, -0.2) is 4.79 Å². The zero-order valence-electron chi connectivity index (χ0n) is 17.7. The first kappa shape index (κ1) is 21.6. The summed E-state index contributed by atoms with van der Waals surface area (Å²) in [5.74, 6) is 0.0644. The van der Waals surface area contributed by atoms with Crippen molar-refractivity contribution in [1.82, 2.24) is 5.32 Å². The van der Waals surface area contributed by atoms with E-state index in [4.69, 9.17) is 21.7 Å². The van der Waals surface area contributed by atoms with Crippen LogP contribution in [0.1, 0.15) is 20.3 Å². The molecule has 0 aromatic rings. The van der Waals surface area contributed by atoms with Gasteiger partial charge in [-0.15, -0.1) is 0 Å². The second kappa shape index (κ2) is 8.51. The van der Waals surface area contributed by atoms with E-state index in [9.17, 15) is 15.0 Å². The number of hydrogen-bond donors (Lipinski definition) is 3. The van der Waals surface area contributed by atoms with Crippen molar-refractivity contribution < 1.29 is 24.5 Å². The van der Waals surface area contributed by atoms with E-state index >= 15 is 0 Å². The van der Waals surface area contributed by atoms with Gasteiger partial charge in [-0.1, -0.05) is 36.5 Å². The molecule has 0 amide bonds. The van der Waals surface area contributed by atoms with Crippen molar-refractivity contribution in [2.24, 2.45) is 0 Å². The molecule has 4 aliphatic rings. The Bertz CT molecular complexity index is 1160. The Balaban J connectivity index is 2.00. The third kappa shape index (κ3) is 3.65. The van der Waals surface area contributed by atoms with Crippen LogP contribution in [0.5, 0.6) is 0 Å². The van der Waals surface area contributed by atoms with Crippen LogP contribution in [0, 0.1) is 0 Å². The fraction of sp³-hybridized carbons (Fsp3) is 0.200. The Morgan fingerprint density at radius 3 is 2.84 bits per heavy atom. The van der Waals surface area contributed by atoms with E-state index in [0.717, 1.165) is 0 Å². The summed E-state index contributed by atoms with van der Waals surface area (Å²) >= 11 is 5.05. The highest BCUT2D eigenvalue weighted by atomic mass is 32.1. The van der Waals surface area contributed by atoms with Gasteiger partial charge in [0.05, 0.1) is 10.6 Å². The average Bonchev–Trinajstić information content (AvgIpc) is 2.87. The van der Waals surface area contributed by atoms with Gasteiger partial charge in [-0.05, 0) is 50.6 Å². The summed E-state index contributed by atoms with van der Waals surface area (Å²) < 4.78 is 12.3. The molecule has 0 saturated carbocycles. The van der Waals surface area contributed by atoms with E-state index in [0.29, 0.717) is 39.5 Å². The first-order valence-corrected chi connectivity index (χ1v) is 10.6. The molecule has 1 spiro atoms. The molecule has 2 aliphatic carbocycles. The summed E-state index contributed by atoms with van der Waals surface area (Å²) in [6.45, 7) is 3.55. The number of rotatable bonds is 2. The highest BCUT2D eigenvalue weighted by molar-refractivity contribution is 7.80. The van der Waals surface area contributed by atoms with E-state index in [1.54, 1.807) is 62.6 Å². The van der Waals surface area contributed by atoms with Gasteiger partial charge in [0, 0.05) is 29.0 Å². The summed E-state index contributed by atoms with van der Waals surface area (Å²) in [6.07, 6.45) is 18.2. The summed E-state index contributed by atoms with van der Waals surface area (Å²) in [4.78, 5) is 13.6. The molecule has 6 nitrogen and oxygen atoms in total. The summed E-state index contributed by atoms with van der Waals surface area (Å²) in [6, 6.07) is 0. The lowest BCUT2D eigenvalue weighted by atomic mass is 9.72. The van der Waals surface area contributed by atoms with Crippen LogP contribution in [-0.4, -0.2) is 32.9 Å². The molecule has 0 aromatic carbocycles. The Kier molecular flexibility index (Phi) is 5.76. The van der Waals surface area contributed by atoms with Crippen LogP contribution in [0.4, 0.5) is 0 Å². The molecule has 32 heavy (non-hydrogen) atoms. The number of fused-ring (bicyclic) bond motifs is 3. The molecule has 0 bridgehead atoms. The van der Waals surface area contributed by atoms with Crippen molar-refractivity contribution >= 4 is 23.2 Å². The average molecular weight is 450 g/mol. The van der Waals surface area contributed by atoms with Crippen molar-refractivity contribution in [3.8, 4) is 0 Å². The van der Waals surface area contributed by atoms with Crippen LogP contribution in [0.15, 0.2) is 107 Å². The summed E-state index contributed by atoms with van der Waals surface area (Å²) in [5, 5.41) is 23.2. The number of thiocarbonyl (C=S) groups is 1. The molecule has 7 heteroatoms. The Morgan fingerprint density at radius 2 is 2.09 bits per heavy atom. The van der Waals surface area contributed by atoms with E-state index in [1.165, 1.54) is 12.2 Å². The molecule has 2 atom stereocenters. The lowest BCUT2D eigenvalue weighted by Crippen LogP contribution is -2.44. The topological polar surface area (TPSA) is 88.0 Å². The minimum absolute atomic E-state index is 0.0396. The number of carbonyl (C=O) groups excluding carboxylic acids is 1. The third-order valence-corrected chi connectivity index (χ3v) is 5.64. The number of allylic oxidation sites excluding steroid dienone is 9. The Labute approximate surface area is 191 Å². The standard InChI is InChI=1S/C25H23NO5S/c1-3-18-19(8-5-13-26-15(2)32)25(31-24(18)29)20-7-4-6-17(28)14-23(20)30-22-12-10-16(27)9-11-21(22)25/h3-6,8-14,22,27-28H,7H2,1-2H3,(H,26,32)/b13-5+,18-3+,19-8+. The maximum atomic E-state index is 13.0. The number of esters is 1. The van der Waals surface area contributed by atoms with Crippen molar-refractivity contribution in [3.63, 3.8) is 0 Å². The highest BCUT2D eigenvalue weighted by Crippen LogP contribution is 2.54. The fourth-order valence-electron chi connectivity index (χ4n) is 4.21. The van der Waals surface area contributed by atoms with Crippen molar-refractivity contribution in [3.05, 3.63) is 107 Å². The van der Waals surface area contributed by atoms with Gasteiger partial charge in [0.25, 0.3) is 0 Å². The molecular weight excluding hydrogens is 426 g/mol. The molecular formula is C25H23NO5S. The zero-order valence-corrected chi connectivity index (χ0v) is 18.5. The Morgan fingerprint density at radius 1 is 1.28 bits per heavy atom. The van der Waals surface area contributed by atoms with Crippen molar-refractivity contribution in [2.45, 2.75) is 32.0 Å².